The predicted octanol–water partition coefficient (Wildman–Crippen LogP) is -6.20. The molecular weight excluding hydrogens is 599 g/mol. The van der Waals surface area contributed by atoms with Crippen LogP contribution in [0.2, 0.25) is 0 Å². The summed E-state index contributed by atoms with van der Waals surface area (Å²) in [6.45, 7) is -2.19. The van der Waals surface area contributed by atoms with E-state index < -0.39 is 112 Å². The molecule has 3 fully saturated rings. The maximum absolute atomic E-state index is 10.8. The van der Waals surface area contributed by atoms with E-state index >= 15 is 0 Å². The number of aliphatic hydroxyl groups excluding tert-OH is 10. The number of hydrogen-bond donors (Lipinski definition) is 10. The zero-order valence-corrected chi connectivity index (χ0v) is 20.2. The van der Waals surface area contributed by atoms with E-state index in [4.69, 9.17) is 26.8 Å². The lowest BCUT2D eigenvalue weighted by Gasteiger charge is -2.48. The summed E-state index contributed by atoms with van der Waals surface area (Å²) in [4.78, 5) is 0. The summed E-state index contributed by atoms with van der Waals surface area (Å²) in [5.74, 6) is 0. The van der Waals surface area contributed by atoms with Gasteiger partial charge in [-0.3, -0.25) is 3.07 Å². The molecule has 0 aromatic carbocycles. The summed E-state index contributed by atoms with van der Waals surface area (Å²) in [5, 5.41) is 99.9. The molecule has 0 amide bonds. The highest BCUT2D eigenvalue weighted by Crippen LogP contribution is 2.34. The van der Waals surface area contributed by atoms with Crippen molar-refractivity contribution in [1.82, 2.24) is 0 Å². The van der Waals surface area contributed by atoms with Crippen molar-refractivity contribution >= 4 is 23.0 Å². The van der Waals surface area contributed by atoms with Crippen molar-refractivity contribution in [1.29, 1.82) is 0 Å². The standard InChI is InChI=1S/C18H31IO16/c19-35-18-15(34-17-13(29)11(27)8(24)5(2-21)31-17)14(9(25)6(3-22)32-18)33-16-12(28)10(26)7(23)4(1-20)30-16/h4-18,20-29H,1-3H2/t4?,5?,6-,7?,8?,9?,10?,11?,12?,13?,14?,15?,16?,17?,18?/m0/s1. The summed E-state index contributed by atoms with van der Waals surface area (Å²) < 4.78 is 32.6. The molecule has 0 aromatic heterocycles. The molecule has 3 heterocycles. The third kappa shape index (κ3) is 6.06. The van der Waals surface area contributed by atoms with E-state index in [0.717, 1.165) is 0 Å². The Hall–Kier alpha value is 0.0900. The fourth-order valence-corrected chi connectivity index (χ4v) is 4.49. The molecule has 10 N–H and O–H groups in total. The van der Waals surface area contributed by atoms with Gasteiger partial charge in [-0.15, -0.1) is 0 Å². The van der Waals surface area contributed by atoms with Gasteiger partial charge >= 0.3 is 0 Å². The van der Waals surface area contributed by atoms with Crippen molar-refractivity contribution in [3.63, 3.8) is 0 Å². The van der Waals surface area contributed by atoms with Gasteiger partial charge in [-0.25, -0.2) is 0 Å². The van der Waals surface area contributed by atoms with E-state index in [1.54, 1.807) is 0 Å². The summed E-state index contributed by atoms with van der Waals surface area (Å²) in [6, 6.07) is 0. The summed E-state index contributed by atoms with van der Waals surface area (Å²) in [5.41, 5.74) is 0. The number of halogens is 1. The van der Waals surface area contributed by atoms with Crippen molar-refractivity contribution in [3.8, 4) is 0 Å². The molecule has 0 spiro atoms. The SMILES string of the molecule is OCC1OC(OC2C(OI)O[C@@H](CO)C(O)C2OC2OC(CO)C(O)C(O)C2O)C(O)C(O)C1O. The van der Waals surface area contributed by atoms with Crippen LogP contribution in [0.4, 0.5) is 0 Å². The van der Waals surface area contributed by atoms with Crippen LogP contribution in [0, 0.1) is 0 Å². The Bertz CT molecular complexity index is 658. The lowest BCUT2D eigenvalue weighted by atomic mass is 9.96. The molecule has 3 aliphatic heterocycles. The second kappa shape index (κ2) is 12.8. The molecule has 0 aromatic rings. The van der Waals surface area contributed by atoms with Gasteiger partial charge in [0.2, 0.25) is 0 Å². The molecule has 35 heavy (non-hydrogen) atoms. The molecule has 14 unspecified atom stereocenters. The van der Waals surface area contributed by atoms with Crippen molar-refractivity contribution in [3.05, 3.63) is 0 Å². The Kier molecular flexibility index (Phi) is 10.8. The largest absolute Gasteiger partial charge is 0.394 e. The van der Waals surface area contributed by atoms with Gasteiger partial charge in [0.05, 0.1) is 19.8 Å². The van der Waals surface area contributed by atoms with Gasteiger partial charge in [-0.05, 0) is 0 Å². The third-order valence-electron chi connectivity index (χ3n) is 6.17. The van der Waals surface area contributed by atoms with Crippen LogP contribution in [-0.2, 0) is 26.8 Å². The summed E-state index contributed by atoms with van der Waals surface area (Å²) in [6.07, 6.45) is -24.1. The minimum absolute atomic E-state index is 0.709. The molecule has 3 saturated heterocycles. The smallest absolute Gasteiger partial charge is 0.198 e. The number of rotatable bonds is 8. The van der Waals surface area contributed by atoms with Crippen LogP contribution in [0.15, 0.2) is 0 Å². The van der Waals surface area contributed by atoms with Gasteiger partial charge in [0, 0.05) is 0 Å². The molecule has 3 rings (SSSR count). The first-order valence-electron chi connectivity index (χ1n) is 10.7. The Morgan fingerprint density at radius 3 is 1.26 bits per heavy atom. The Morgan fingerprint density at radius 1 is 0.486 bits per heavy atom. The molecule has 0 saturated carbocycles. The fraction of sp³-hybridized carbons (Fsp3) is 1.00. The number of ether oxygens (including phenoxy) is 5. The van der Waals surface area contributed by atoms with E-state index in [9.17, 15) is 51.1 Å². The third-order valence-corrected chi connectivity index (χ3v) is 6.67. The van der Waals surface area contributed by atoms with Crippen LogP contribution < -0.4 is 0 Å². The fourth-order valence-electron chi connectivity index (χ4n) is 4.08. The molecular formula is C18H31IO16. The minimum atomic E-state index is -1.85. The minimum Gasteiger partial charge on any atom is -0.394 e. The molecule has 0 bridgehead atoms. The normalized spacial score (nSPS) is 51.3. The van der Waals surface area contributed by atoms with Crippen LogP contribution in [0.25, 0.3) is 0 Å². The predicted molar refractivity (Wildman–Crippen MR) is 114 cm³/mol. The first kappa shape index (κ1) is 29.6. The van der Waals surface area contributed by atoms with E-state index in [1.807, 2.05) is 0 Å². The van der Waals surface area contributed by atoms with Crippen molar-refractivity contribution in [2.24, 2.45) is 0 Å². The Morgan fingerprint density at radius 2 is 0.857 bits per heavy atom. The van der Waals surface area contributed by atoms with Gasteiger partial charge in [0.25, 0.3) is 0 Å². The Labute approximate surface area is 212 Å². The Balaban J connectivity index is 1.86. The molecule has 0 aliphatic carbocycles. The lowest BCUT2D eigenvalue weighted by Crippen LogP contribution is -2.67. The molecule has 17 heteroatoms. The van der Waals surface area contributed by atoms with E-state index in [2.05, 4.69) is 0 Å². The first-order chi connectivity index (χ1) is 16.6. The molecule has 0 radical (unpaired) electrons. The van der Waals surface area contributed by atoms with Crippen molar-refractivity contribution in [2.45, 2.75) is 92.1 Å². The molecule has 3 aliphatic rings. The van der Waals surface area contributed by atoms with Crippen LogP contribution in [0.3, 0.4) is 0 Å². The highest BCUT2D eigenvalue weighted by atomic mass is 127. The summed E-state index contributed by atoms with van der Waals surface area (Å²) >= 11 is 1.43. The second-order valence-corrected chi connectivity index (χ2v) is 8.91. The van der Waals surface area contributed by atoms with Gasteiger partial charge in [0.15, 0.2) is 18.9 Å². The topological polar surface area (TPSA) is 258 Å². The average Bonchev–Trinajstić information content (AvgIpc) is 2.86. The summed E-state index contributed by atoms with van der Waals surface area (Å²) in [7, 11) is 0. The average molecular weight is 630 g/mol. The van der Waals surface area contributed by atoms with Gasteiger partial charge < -0.3 is 74.7 Å². The zero-order valence-electron chi connectivity index (χ0n) is 18.1. The highest BCUT2D eigenvalue weighted by Gasteiger charge is 2.54. The number of hydrogen-bond acceptors (Lipinski definition) is 16. The first-order valence-corrected chi connectivity index (χ1v) is 11.6. The monoisotopic (exact) mass is 630 g/mol. The van der Waals surface area contributed by atoms with Gasteiger partial charge in [-0.1, -0.05) is 0 Å². The van der Waals surface area contributed by atoms with E-state index in [1.165, 1.54) is 23.0 Å². The van der Waals surface area contributed by atoms with E-state index in [0.29, 0.717) is 0 Å². The van der Waals surface area contributed by atoms with Crippen LogP contribution in [-0.4, -0.2) is 163 Å². The molecule has 16 nitrogen and oxygen atoms in total. The number of aliphatic hydroxyl groups is 10. The van der Waals surface area contributed by atoms with Crippen LogP contribution >= 0.6 is 23.0 Å². The quantitative estimate of drug-likeness (QED) is 0.112. The van der Waals surface area contributed by atoms with Crippen molar-refractivity contribution < 1.29 is 77.8 Å². The van der Waals surface area contributed by atoms with Gasteiger partial charge in [0.1, 0.15) is 96.3 Å². The molecule has 15 atom stereocenters. The van der Waals surface area contributed by atoms with Crippen LogP contribution in [0.5, 0.6) is 0 Å². The maximum Gasteiger partial charge on any atom is 0.198 e. The van der Waals surface area contributed by atoms with Crippen LogP contribution in [0.1, 0.15) is 0 Å². The van der Waals surface area contributed by atoms with E-state index in [-0.39, 0.29) is 0 Å². The maximum atomic E-state index is 10.8. The second-order valence-electron chi connectivity index (χ2n) is 8.40. The van der Waals surface area contributed by atoms with Gasteiger partial charge in [-0.2, -0.15) is 0 Å². The molecule has 206 valence electrons. The van der Waals surface area contributed by atoms with Crippen molar-refractivity contribution in [2.75, 3.05) is 19.8 Å². The zero-order chi connectivity index (χ0) is 26.0. The lowest BCUT2D eigenvalue weighted by molar-refractivity contribution is -0.382. The highest BCUT2D eigenvalue weighted by molar-refractivity contribution is 14.1.